The fourth-order valence-corrected chi connectivity index (χ4v) is 2.42. The van der Waals surface area contributed by atoms with Crippen molar-refractivity contribution in [2.45, 2.75) is 99.5 Å². The number of unbranched alkanes of at least 4 members (excludes halogenated alkanes) is 1. The number of hydrogen-bond donors (Lipinski definition) is 1. The van der Waals surface area contributed by atoms with Crippen LogP contribution in [0.1, 0.15) is 93.9 Å². The van der Waals surface area contributed by atoms with Crippen molar-refractivity contribution in [3.8, 4) is 0 Å². The standard InChI is InChI=1S/C18H39N/c1-9-11-12-18(10-2,14-13-16(3,4)5)15-19-17(6,7)8/h19H,9-15H2,1-8H3. The molecule has 0 saturated carbocycles. The van der Waals surface area contributed by atoms with Crippen molar-refractivity contribution in [2.75, 3.05) is 6.54 Å². The molecule has 0 heterocycles. The normalized spacial score (nSPS) is 16.4. The predicted octanol–water partition coefficient (Wildman–Crippen LogP) is 5.79. The third kappa shape index (κ3) is 9.49. The maximum absolute atomic E-state index is 3.76. The molecule has 0 radical (unpaired) electrons. The van der Waals surface area contributed by atoms with Gasteiger partial charge in [0.25, 0.3) is 0 Å². The first kappa shape index (κ1) is 19.0. The summed E-state index contributed by atoms with van der Waals surface area (Å²) >= 11 is 0. The van der Waals surface area contributed by atoms with Crippen LogP contribution in [0, 0.1) is 10.8 Å². The van der Waals surface area contributed by atoms with Crippen LogP contribution in [0.4, 0.5) is 0 Å². The molecule has 1 N–H and O–H groups in total. The highest BCUT2D eigenvalue weighted by Gasteiger charge is 2.30. The van der Waals surface area contributed by atoms with Crippen LogP contribution in [0.25, 0.3) is 0 Å². The molecule has 0 spiro atoms. The monoisotopic (exact) mass is 269 g/mol. The molecule has 0 aromatic rings. The van der Waals surface area contributed by atoms with Gasteiger partial charge in [-0.25, -0.2) is 0 Å². The lowest BCUT2D eigenvalue weighted by atomic mass is 9.72. The van der Waals surface area contributed by atoms with Crippen molar-refractivity contribution >= 4 is 0 Å². The molecular formula is C18H39N. The largest absolute Gasteiger partial charge is 0.312 e. The van der Waals surface area contributed by atoms with Crippen molar-refractivity contribution in [3.63, 3.8) is 0 Å². The molecule has 0 aromatic carbocycles. The van der Waals surface area contributed by atoms with Crippen LogP contribution < -0.4 is 5.32 Å². The Balaban J connectivity index is 4.67. The third-order valence-corrected chi connectivity index (χ3v) is 4.21. The zero-order valence-electron chi connectivity index (χ0n) is 14.9. The second-order valence-electron chi connectivity index (χ2n) is 8.62. The molecule has 1 heteroatoms. The molecule has 1 unspecified atom stereocenters. The molecule has 0 fully saturated rings. The van der Waals surface area contributed by atoms with Crippen molar-refractivity contribution in [1.82, 2.24) is 5.32 Å². The van der Waals surface area contributed by atoms with E-state index in [4.69, 9.17) is 0 Å². The van der Waals surface area contributed by atoms with E-state index in [0.29, 0.717) is 10.8 Å². The van der Waals surface area contributed by atoms with E-state index < -0.39 is 0 Å². The summed E-state index contributed by atoms with van der Waals surface area (Å²) in [5, 5.41) is 3.76. The molecule has 0 bridgehead atoms. The average molecular weight is 270 g/mol. The summed E-state index contributed by atoms with van der Waals surface area (Å²) in [6.07, 6.45) is 8.04. The average Bonchev–Trinajstić information content (AvgIpc) is 2.26. The fourth-order valence-electron chi connectivity index (χ4n) is 2.42. The van der Waals surface area contributed by atoms with Crippen LogP contribution in [-0.4, -0.2) is 12.1 Å². The van der Waals surface area contributed by atoms with Gasteiger partial charge in [0.2, 0.25) is 0 Å². The summed E-state index contributed by atoms with van der Waals surface area (Å²) in [7, 11) is 0. The molecule has 0 aromatic heterocycles. The third-order valence-electron chi connectivity index (χ3n) is 4.21. The Morgan fingerprint density at radius 3 is 1.74 bits per heavy atom. The Morgan fingerprint density at radius 2 is 1.37 bits per heavy atom. The first-order chi connectivity index (χ1) is 8.54. The first-order valence-electron chi connectivity index (χ1n) is 8.29. The van der Waals surface area contributed by atoms with E-state index in [2.05, 4.69) is 60.7 Å². The van der Waals surface area contributed by atoms with Gasteiger partial charge in [-0.1, -0.05) is 47.5 Å². The minimum atomic E-state index is 0.231. The molecule has 1 atom stereocenters. The second kappa shape index (κ2) is 7.67. The summed E-state index contributed by atoms with van der Waals surface area (Å²) in [6, 6.07) is 0. The second-order valence-corrected chi connectivity index (χ2v) is 8.62. The lowest BCUT2D eigenvalue weighted by Gasteiger charge is -2.38. The summed E-state index contributed by atoms with van der Waals surface area (Å²) in [5.41, 5.74) is 1.18. The van der Waals surface area contributed by atoms with E-state index in [1.54, 1.807) is 0 Å². The smallest absolute Gasteiger partial charge is 0.00967 e. The van der Waals surface area contributed by atoms with Crippen LogP contribution in [0.2, 0.25) is 0 Å². The van der Waals surface area contributed by atoms with E-state index >= 15 is 0 Å². The van der Waals surface area contributed by atoms with Gasteiger partial charge >= 0.3 is 0 Å². The van der Waals surface area contributed by atoms with Gasteiger partial charge in [-0.05, 0) is 57.3 Å². The van der Waals surface area contributed by atoms with Gasteiger partial charge in [-0.3, -0.25) is 0 Å². The van der Waals surface area contributed by atoms with Crippen LogP contribution >= 0.6 is 0 Å². The Kier molecular flexibility index (Phi) is 7.65. The molecule has 1 nitrogen and oxygen atoms in total. The van der Waals surface area contributed by atoms with Crippen LogP contribution in [0.15, 0.2) is 0 Å². The van der Waals surface area contributed by atoms with E-state index in [-0.39, 0.29) is 5.54 Å². The zero-order chi connectivity index (χ0) is 15.2. The molecule has 0 rings (SSSR count). The molecule has 19 heavy (non-hydrogen) atoms. The van der Waals surface area contributed by atoms with Crippen LogP contribution in [0.3, 0.4) is 0 Å². The van der Waals surface area contributed by atoms with Gasteiger partial charge in [0, 0.05) is 12.1 Å². The quantitative estimate of drug-likeness (QED) is 0.588. The maximum atomic E-state index is 3.76. The van der Waals surface area contributed by atoms with Gasteiger partial charge < -0.3 is 5.32 Å². The molecule has 0 aliphatic rings. The van der Waals surface area contributed by atoms with Crippen LogP contribution in [-0.2, 0) is 0 Å². The highest BCUT2D eigenvalue weighted by molar-refractivity contribution is 4.85. The zero-order valence-corrected chi connectivity index (χ0v) is 14.9. The SMILES string of the molecule is CCCCC(CC)(CCC(C)(C)C)CNC(C)(C)C. The Hall–Kier alpha value is -0.0400. The van der Waals surface area contributed by atoms with Gasteiger partial charge in [0.05, 0.1) is 0 Å². The minimum absolute atomic E-state index is 0.231. The number of nitrogens with one attached hydrogen (secondary N) is 1. The number of rotatable bonds is 8. The minimum Gasteiger partial charge on any atom is -0.312 e. The number of hydrogen-bond acceptors (Lipinski definition) is 1. The lowest BCUT2D eigenvalue weighted by Crippen LogP contribution is -2.44. The van der Waals surface area contributed by atoms with Crippen molar-refractivity contribution in [1.29, 1.82) is 0 Å². The highest BCUT2D eigenvalue weighted by atomic mass is 15.0. The van der Waals surface area contributed by atoms with Crippen molar-refractivity contribution in [2.24, 2.45) is 10.8 Å². The Labute approximate surface area is 122 Å². The topological polar surface area (TPSA) is 12.0 Å². The highest BCUT2D eigenvalue weighted by Crippen LogP contribution is 2.37. The Bertz CT molecular complexity index is 211. The summed E-state index contributed by atoms with van der Waals surface area (Å²) in [5.74, 6) is 0. The summed E-state index contributed by atoms with van der Waals surface area (Å²) < 4.78 is 0. The van der Waals surface area contributed by atoms with Crippen molar-refractivity contribution in [3.05, 3.63) is 0 Å². The predicted molar refractivity (Wildman–Crippen MR) is 88.7 cm³/mol. The van der Waals surface area contributed by atoms with E-state index in [1.807, 2.05) is 0 Å². The van der Waals surface area contributed by atoms with Gasteiger partial charge in [0.1, 0.15) is 0 Å². The summed E-state index contributed by atoms with van der Waals surface area (Å²) in [6.45, 7) is 19.8. The van der Waals surface area contributed by atoms with Gasteiger partial charge in [0.15, 0.2) is 0 Å². The molecule has 0 aliphatic carbocycles. The van der Waals surface area contributed by atoms with E-state index in [9.17, 15) is 0 Å². The molecular weight excluding hydrogens is 230 g/mol. The van der Waals surface area contributed by atoms with Crippen LogP contribution in [0.5, 0.6) is 0 Å². The van der Waals surface area contributed by atoms with E-state index in [1.165, 1.54) is 45.1 Å². The molecule has 116 valence electrons. The first-order valence-corrected chi connectivity index (χ1v) is 8.29. The molecule has 0 saturated heterocycles. The molecule has 0 amide bonds. The van der Waals surface area contributed by atoms with Crippen molar-refractivity contribution < 1.29 is 0 Å². The Morgan fingerprint density at radius 1 is 0.789 bits per heavy atom. The molecule has 0 aliphatic heterocycles. The lowest BCUT2D eigenvalue weighted by molar-refractivity contribution is 0.163. The van der Waals surface area contributed by atoms with Gasteiger partial charge in [-0.2, -0.15) is 0 Å². The van der Waals surface area contributed by atoms with Gasteiger partial charge in [-0.15, -0.1) is 0 Å². The maximum Gasteiger partial charge on any atom is 0.00967 e. The van der Waals surface area contributed by atoms with E-state index in [0.717, 1.165) is 0 Å². The summed E-state index contributed by atoms with van der Waals surface area (Å²) in [4.78, 5) is 0. The fraction of sp³-hybridized carbons (Fsp3) is 1.00.